The first-order valence-electron chi connectivity index (χ1n) is 8.08. The van der Waals surface area contributed by atoms with Crippen LogP contribution in [0.5, 0.6) is 0 Å². The summed E-state index contributed by atoms with van der Waals surface area (Å²) in [5.41, 5.74) is 2.80. The molecule has 2 aromatic rings. The molecule has 0 radical (unpaired) electrons. The fourth-order valence-corrected chi connectivity index (χ4v) is 2.80. The molecule has 0 aliphatic rings. The Morgan fingerprint density at radius 2 is 1.86 bits per heavy atom. The molecule has 4 nitrogen and oxygen atoms in total. The third kappa shape index (κ3) is 4.46. The van der Waals surface area contributed by atoms with Gasteiger partial charge in [0.15, 0.2) is 0 Å². The number of aromatic nitrogens is 2. The largest absolute Gasteiger partial charge is 0.323 e. The van der Waals surface area contributed by atoms with Crippen molar-refractivity contribution < 1.29 is 0 Å². The van der Waals surface area contributed by atoms with Crippen molar-refractivity contribution in [2.75, 3.05) is 0 Å². The molecule has 0 bridgehead atoms. The zero-order valence-corrected chi connectivity index (χ0v) is 13.3. The van der Waals surface area contributed by atoms with Crippen molar-refractivity contribution in [2.45, 2.75) is 65.0 Å². The van der Waals surface area contributed by atoms with Crippen LogP contribution in [-0.2, 0) is 0 Å². The molecule has 2 rings (SSSR count). The van der Waals surface area contributed by atoms with Gasteiger partial charge in [0.1, 0.15) is 0 Å². The molecule has 1 heterocycles. The van der Waals surface area contributed by atoms with E-state index in [1.807, 2.05) is 6.07 Å². The van der Waals surface area contributed by atoms with Crippen LogP contribution < -0.4 is 11.0 Å². The summed E-state index contributed by atoms with van der Waals surface area (Å²) in [4.78, 5) is 16.9. The lowest BCUT2D eigenvalue weighted by Gasteiger charge is -2.20. The second kappa shape index (κ2) is 7.46. The maximum Gasteiger partial charge on any atom is 0.323 e. The third-order valence-corrected chi connectivity index (χ3v) is 4.07. The molecule has 1 aromatic carbocycles. The molecule has 0 fully saturated rings. The molecule has 0 saturated carbocycles. The zero-order valence-electron chi connectivity index (χ0n) is 13.3. The summed E-state index contributed by atoms with van der Waals surface area (Å²) in [6, 6.07) is 6.89. The Morgan fingerprint density at radius 1 is 1.10 bits per heavy atom. The molecule has 2 atom stereocenters. The number of unbranched alkanes of at least 4 members (excludes halogenated alkanes) is 3. The van der Waals surface area contributed by atoms with Gasteiger partial charge >= 0.3 is 5.69 Å². The summed E-state index contributed by atoms with van der Waals surface area (Å²) < 4.78 is 0. The van der Waals surface area contributed by atoms with Crippen molar-refractivity contribution in [3.8, 4) is 0 Å². The van der Waals surface area contributed by atoms with Crippen molar-refractivity contribution in [2.24, 2.45) is 0 Å². The normalized spacial score (nSPS) is 14.4. The van der Waals surface area contributed by atoms with Gasteiger partial charge in [0, 0.05) is 12.1 Å². The number of nitrogens with one attached hydrogen (secondary N) is 3. The Hall–Kier alpha value is -1.55. The monoisotopic (exact) mass is 289 g/mol. The number of hydrogen-bond donors (Lipinski definition) is 3. The number of rotatable bonds is 8. The predicted octanol–water partition coefficient (Wildman–Crippen LogP) is 3.87. The number of aromatic amines is 2. The van der Waals surface area contributed by atoms with Gasteiger partial charge in [-0.3, -0.25) is 0 Å². The first-order valence-corrected chi connectivity index (χ1v) is 8.08. The standard InChI is InChI=1S/C17H27N3O/c1-4-5-6-7-8-12(2)18-13(3)14-9-10-15-16(11-14)20-17(21)19-15/h9-13,18H,4-8H2,1-3H3,(H2,19,20,21). The summed E-state index contributed by atoms with van der Waals surface area (Å²) in [7, 11) is 0. The van der Waals surface area contributed by atoms with Crippen LogP contribution in [0.25, 0.3) is 11.0 Å². The van der Waals surface area contributed by atoms with E-state index in [1.165, 1.54) is 37.7 Å². The predicted molar refractivity (Wildman–Crippen MR) is 88.7 cm³/mol. The lowest BCUT2D eigenvalue weighted by molar-refractivity contribution is 0.438. The van der Waals surface area contributed by atoms with Gasteiger partial charge in [-0.15, -0.1) is 0 Å². The Bertz CT molecular complexity index is 614. The third-order valence-electron chi connectivity index (χ3n) is 4.07. The molecule has 4 heteroatoms. The molecular formula is C17H27N3O. The van der Waals surface area contributed by atoms with Gasteiger partial charge in [0.25, 0.3) is 0 Å². The van der Waals surface area contributed by atoms with E-state index in [1.54, 1.807) is 0 Å². The summed E-state index contributed by atoms with van der Waals surface area (Å²) in [6.07, 6.45) is 6.45. The number of fused-ring (bicyclic) bond motifs is 1. The Kier molecular flexibility index (Phi) is 5.62. The van der Waals surface area contributed by atoms with Crippen LogP contribution in [0.2, 0.25) is 0 Å². The average molecular weight is 289 g/mol. The minimum Gasteiger partial charge on any atom is -0.308 e. The molecule has 21 heavy (non-hydrogen) atoms. The number of H-pyrrole nitrogens is 2. The smallest absolute Gasteiger partial charge is 0.308 e. The van der Waals surface area contributed by atoms with E-state index in [0.717, 1.165) is 11.0 Å². The molecule has 116 valence electrons. The van der Waals surface area contributed by atoms with Gasteiger partial charge in [-0.25, -0.2) is 4.79 Å². The van der Waals surface area contributed by atoms with Crippen molar-refractivity contribution in [1.29, 1.82) is 0 Å². The fourth-order valence-electron chi connectivity index (χ4n) is 2.80. The number of hydrogen-bond acceptors (Lipinski definition) is 2. The van der Waals surface area contributed by atoms with E-state index in [4.69, 9.17) is 0 Å². The zero-order chi connectivity index (χ0) is 15.2. The quantitative estimate of drug-likeness (QED) is 0.646. The summed E-state index contributed by atoms with van der Waals surface area (Å²) in [6.45, 7) is 6.67. The van der Waals surface area contributed by atoms with Crippen LogP contribution >= 0.6 is 0 Å². The van der Waals surface area contributed by atoms with Crippen LogP contribution in [0, 0.1) is 0 Å². The SMILES string of the molecule is CCCCCCC(C)NC(C)c1ccc2[nH]c(=O)[nH]c2c1. The first kappa shape index (κ1) is 15.8. The Labute approximate surface area is 126 Å². The van der Waals surface area contributed by atoms with E-state index < -0.39 is 0 Å². The average Bonchev–Trinajstić information content (AvgIpc) is 2.82. The van der Waals surface area contributed by atoms with E-state index in [-0.39, 0.29) is 11.7 Å². The fraction of sp³-hybridized carbons (Fsp3) is 0.588. The van der Waals surface area contributed by atoms with Crippen molar-refractivity contribution >= 4 is 11.0 Å². The molecule has 2 unspecified atom stereocenters. The minimum atomic E-state index is -0.146. The van der Waals surface area contributed by atoms with Crippen LogP contribution in [0.15, 0.2) is 23.0 Å². The second-order valence-electron chi connectivity index (χ2n) is 6.02. The number of benzene rings is 1. The van der Waals surface area contributed by atoms with Crippen molar-refractivity contribution in [3.63, 3.8) is 0 Å². The first-order chi connectivity index (χ1) is 10.1. The highest BCUT2D eigenvalue weighted by molar-refractivity contribution is 5.75. The van der Waals surface area contributed by atoms with Crippen molar-refractivity contribution in [3.05, 3.63) is 34.2 Å². The molecule has 0 saturated heterocycles. The maximum atomic E-state index is 11.3. The topological polar surface area (TPSA) is 60.7 Å². The van der Waals surface area contributed by atoms with E-state index >= 15 is 0 Å². The van der Waals surface area contributed by atoms with Crippen LogP contribution in [0.4, 0.5) is 0 Å². The van der Waals surface area contributed by atoms with Crippen LogP contribution in [0.1, 0.15) is 64.5 Å². The van der Waals surface area contributed by atoms with Crippen LogP contribution in [-0.4, -0.2) is 16.0 Å². The van der Waals surface area contributed by atoms with Gasteiger partial charge in [-0.1, -0.05) is 38.7 Å². The lowest BCUT2D eigenvalue weighted by atomic mass is 10.0. The molecule has 3 N–H and O–H groups in total. The lowest BCUT2D eigenvalue weighted by Crippen LogP contribution is -2.28. The summed E-state index contributed by atoms with van der Waals surface area (Å²) in [5, 5.41) is 3.64. The van der Waals surface area contributed by atoms with E-state index in [2.05, 4.69) is 48.2 Å². The number of imidazole rings is 1. The van der Waals surface area contributed by atoms with E-state index in [9.17, 15) is 4.79 Å². The highest BCUT2D eigenvalue weighted by atomic mass is 16.1. The van der Waals surface area contributed by atoms with Gasteiger partial charge in [-0.05, 0) is 38.0 Å². The molecule has 1 aromatic heterocycles. The van der Waals surface area contributed by atoms with Crippen LogP contribution in [0.3, 0.4) is 0 Å². The maximum absolute atomic E-state index is 11.3. The van der Waals surface area contributed by atoms with Gasteiger partial charge in [-0.2, -0.15) is 0 Å². The van der Waals surface area contributed by atoms with Gasteiger partial charge in [0.2, 0.25) is 0 Å². The van der Waals surface area contributed by atoms with Crippen molar-refractivity contribution in [1.82, 2.24) is 15.3 Å². The van der Waals surface area contributed by atoms with Gasteiger partial charge < -0.3 is 15.3 Å². The molecule has 0 amide bonds. The molecule has 0 aliphatic heterocycles. The second-order valence-corrected chi connectivity index (χ2v) is 6.02. The highest BCUT2D eigenvalue weighted by Gasteiger charge is 2.10. The highest BCUT2D eigenvalue weighted by Crippen LogP contribution is 2.18. The summed E-state index contributed by atoms with van der Waals surface area (Å²) >= 11 is 0. The minimum absolute atomic E-state index is 0.146. The molecular weight excluding hydrogens is 262 g/mol. The summed E-state index contributed by atoms with van der Waals surface area (Å²) in [5.74, 6) is 0. The Morgan fingerprint density at radius 3 is 2.62 bits per heavy atom. The van der Waals surface area contributed by atoms with E-state index in [0.29, 0.717) is 6.04 Å². The Balaban J connectivity index is 1.91. The van der Waals surface area contributed by atoms with Gasteiger partial charge in [0.05, 0.1) is 11.0 Å². The molecule has 0 spiro atoms. The molecule has 0 aliphatic carbocycles.